The summed E-state index contributed by atoms with van der Waals surface area (Å²) in [5, 5.41) is 3.10. The maximum absolute atomic E-state index is 13.1. The van der Waals surface area contributed by atoms with Crippen molar-refractivity contribution in [1.82, 2.24) is 4.90 Å². The minimum absolute atomic E-state index is 0.177. The molecule has 25 heavy (non-hydrogen) atoms. The van der Waals surface area contributed by atoms with Gasteiger partial charge in [-0.05, 0) is 49.4 Å². The van der Waals surface area contributed by atoms with Crippen LogP contribution in [0.25, 0.3) is 0 Å². The number of hydrogen-bond donors (Lipinski definition) is 1. The normalized spacial score (nSPS) is 11.5. The first kappa shape index (κ1) is 18.7. The second-order valence-corrected chi connectivity index (χ2v) is 5.90. The third-order valence-corrected chi connectivity index (χ3v) is 3.59. The molecule has 2 aromatic carbocycles. The number of halogens is 2. The van der Waals surface area contributed by atoms with Crippen molar-refractivity contribution in [1.29, 1.82) is 0 Å². The minimum atomic E-state index is -0.770. The third kappa shape index (κ3) is 5.76. The van der Waals surface area contributed by atoms with Crippen LogP contribution in [0.5, 0.6) is 5.75 Å². The van der Waals surface area contributed by atoms with Crippen LogP contribution in [0, 0.1) is 5.82 Å². The number of anilines is 1. The van der Waals surface area contributed by atoms with Crippen LogP contribution < -0.4 is 10.1 Å². The van der Waals surface area contributed by atoms with Gasteiger partial charge in [-0.2, -0.15) is 0 Å². The van der Waals surface area contributed by atoms with Crippen LogP contribution in [0.4, 0.5) is 10.1 Å². The lowest BCUT2D eigenvalue weighted by Crippen LogP contribution is -2.41. The molecular weight excluding hydrogens is 347 g/mol. The molecule has 0 aliphatic carbocycles. The number of benzene rings is 2. The lowest BCUT2D eigenvalue weighted by molar-refractivity contribution is -0.139. The highest BCUT2D eigenvalue weighted by molar-refractivity contribution is 6.30. The predicted octanol–water partition coefficient (Wildman–Crippen LogP) is 3.34. The van der Waals surface area contributed by atoms with E-state index in [1.165, 1.54) is 30.1 Å². The van der Waals surface area contributed by atoms with Gasteiger partial charge in [0.1, 0.15) is 11.6 Å². The molecule has 5 nitrogen and oxygen atoms in total. The van der Waals surface area contributed by atoms with Gasteiger partial charge in [0, 0.05) is 17.8 Å². The quantitative estimate of drug-likeness (QED) is 0.855. The Balaban J connectivity index is 1.88. The molecule has 0 saturated carbocycles. The summed E-state index contributed by atoms with van der Waals surface area (Å²) in [4.78, 5) is 25.5. The van der Waals surface area contributed by atoms with Crippen LogP contribution in [0.3, 0.4) is 0 Å². The molecule has 0 bridgehead atoms. The average Bonchev–Trinajstić information content (AvgIpc) is 2.56. The van der Waals surface area contributed by atoms with Crippen LogP contribution in [-0.4, -0.2) is 36.4 Å². The number of rotatable bonds is 6. The van der Waals surface area contributed by atoms with Gasteiger partial charge in [0.15, 0.2) is 6.10 Å². The summed E-state index contributed by atoms with van der Waals surface area (Å²) >= 11 is 5.80. The fourth-order valence-corrected chi connectivity index (χ4v) is 2.26. The number of likely N-dealkylation sites (N-methyl/N-ethyl adjacent to an activating group) is 1. The van der Waals surface area contributed by atoms with Gasteiger partial charge in [-0.25, -0.2) is 4.39 Å². The van der Waals surface area contributed by atoms with E-state index in [0.29, 0.717) is 16.5 Å². The van der Waals surface area contributed by atoms with Crippen LogP contribution >= 0.6 is 11.6 Å². The molecule has 0 radical (unpaired) electrons. The summed E-state index contributed by atoms with van der Waals surface area (Å²) in [7, 11) is 1.50. The van der Waals surface area contributed by atoms with Crippen molar-refractivity contribution >= 4 is 29.1 Å². The number of ether oxygens (including phenoxy) is 1. The molecule has 0 aliphatic rings. The van der Waals surface area contributed by atoms with E-state index in [9.17, 15) is 14.0 Å². The first-order valence-electron chi connectivity index (χ1n) is 7.58. The first-order valence-corrected chi connectivity index (χ1v) is 7.95. The predicted molar refractivity (Wildman–Crippen MR) is 94.2 cm³/mol. The Hall–Kier alpha value is -2.60. The lowest BCUT2D eigenvalue weighted by atomic mass is 10.3. The van der Waals surface area contributed by atoms with Gasteiger partial charge in [-0.15, -0.1) is 0 Å². The molecule has 0 heterocycles. The summed E-state index contributed by atoms with van der Waals surface area (Å²) < 4.78 is 18.6. The zero-order chi connectivity index (χ0) is 18.4. The number of hydrogen-bond acceptors (Lipinski definition) is 3. The topological polar surface area (TPSA) is 58.6 Å². The van der Waals surface area contributed by atoms with Crippen molar-refractivity contribution in [2.75, 3.05) is 18.9 Å². The Bertz CT molecular complexity index is 752. The fourth-order valence-electron chi connectivity index (χ4n) is 2.14. The number of carbonyl (C=O) groups is 2. The standard InChI is InChI=1S/C18H18ClFN2O3/c1-12(25-16-8-6-13(19)7-9-16)18(24)22(2)11-17(23)21-15-5-3-4-14(20)10-15/h3-10,12H,11H2,1-2H3,(H,21,23)/t12-/m1/s1. The SMILES string of the molecule is C[C@@H](Oc1ccc(Cl)cc1)C(=O)N(C)CC(=O)Nc1cccc(F)c1. The van der Waals surface area contributed by atoms with Gasteiger partial charge in [0.25, 0.3) is 5.91 Å². The van der Waals surface area contributed by atoms with Gasteiger partial charge >= 0.3 is 0 Å². The highest BCUT2D eigenvalue weighted by Gasteiger charge is 2.21. The van der Waals surface area contributed by atoms with E-state index >= 15 is 0 Å². The molecule has 2 amide bonds. The second-order valence-electron chi connectivity index (χ2n) is 5.47. The molecule has 132 valence electrons. The molecule has 2 rings (SSSR count). The second kappa shape index (κ2) is 8.48. The number of carbonyl (C=O) groups excluding carboxylic acids is 2. The van der Waals surface area contributed by atoms with Crippen molar-refractivity contribution in [3.63, 3.8) is 0 Å². The maximum atomic E-state index is 13.1. The van der Waals surface area contributed by atoms with Crippen molar-refractivity contribution < 1.29 is 18.7 Å². The average molecular weight is 365 g/mol. The molecule has 0 fully saturated rings. The summed E-state index contributed by atoms with van der Waals surface area (Å²) in [6, 6.07) is 12.2. The Labute approximate surface area is 150 Å². The monoisotopic (exact) mass is 364 g/mol. The van der Waals surface area contributed by atoms with Gasteiger partial charge < -0.3 is 15.0 Å². The van der Waals surface area contributed by atoms with Gasteiger partial charge in [-0.1, -0.05) is 17.7 Å². The third-order valence-electron chi connectivity index (χ3n) is 3.34. The highest BCUT2D eigenvalue weighted by atomic mass is 35.5. The van der Waals surface area contributed by atoms with E-state index in [0.717, 1.165) is 0 Å². The molecular formula is C18H18ClFN2O3. The van der Waals surface area contributed by atoms with Gasteiger partial charge in [-0.3, -0.25) is 9.59 Å². The summed E-state index contributed by atoms with van der Waals surface area (Å²) in [6.45, 7) is 1.42. The van der Waals surface area contributed by atoms with E-state index < -0.39 is 17.8 Å². The lowest BCUT2D eigenvalue weighted by Gasteiger charge is -2.21. The first-order chi connectivity index (χ1) is 11.8. The van der Waals surface area contributed by atoms with E-state index in [1.807, 2.05) is 0 Å². The summed E-state index contributed by atoms with van der Waals surface area (Å²) in [6.07, 6.45) is -0.770. The van der Waals surface area contributed by atoms with Crippen molar-refractivity contribution in [3.05, 3.63) is 59.4 Å². The molecule has 1 atom stereocenters. The maximum Gasteiger partial charge on any atom is 0.263 e. The minimum Gasteiger partial charge on any atom is -0.481 e. The number of amides is 2. The zero-order valence-corrected chi connectivity index (χ0v) is 14.6. The van der Waals surface area contributed by atoms with E-state index in [2.05, 4.69) is 5.32 Å². The van der Waals surface area contributed by atoms with Crippen LogP contribution in [-0.2, 0) is 9.59 Å². The van der Waals surface area contributed by atoms with E-state index in [1.54, 1.807) is 37.3 Å². The number of nitrogens with zero attached hydrogens (tertiary/aromatic N) is 1. The smallest absolute Gasteiger partial charge is 0.263 e. The largest absolute Gasteiger partial charge is 0.481 e. The van der Waals surface area contributed by atoms with Crippen molar-refractivity contribution in [2.45, 2.75) is 13.0 Å². The van der Waals surface area contributed by atoms with Crippen molar-refractivity contribution in [2.24, 2.45) is 0 Å². The van der Waals surface area contributed by atoms with E-state index in [4.69, 9.17) is 16.3 Å². The van der Waals surface area contributed by atoms with Gasteiger partial charge in [0.2, 0.25) is 5.91 Å². The molecule has 1 N–H and O–H groups in total. The molecule has 0 aromatic heterocycles. The van der Waals surface area contributed by atoms with Crippen molar-refractivity contribution in [3.8, 4) is 5.75 Å². The summed E-state index contributed by atoms with van der Waals surface area (Å²) in [5.41, 5.74) is 0.330. The molecule has 0 spiro atoms. The summed E-state index contributed by atoms with van der Waals surface area (Å²) in [5.74, 6) is -0.737. The Morgan fingerprint density at radius 3 is 2.56 bits per heavy atom. The van der Waals surface area contributed by atoms with E-state index in [-0.39, 0.29) is 12.5 Å². The number of nitrogens with one attached hydrogen (secondary N) is 1. The van der Waals surface area contributed by atoms with Gasteiger partial charge in [0.05, 0.1) is 6.54 Å². The molecule has 7 heteroatoms. The molecule has 0 saturated heterocycles. The zero-order valence-electron chi connectivity index (χ0n) is 13.8. The Morgan fingerprint density at radius 2 is 1.92 bits per heavy atom. The Morgan fingerprint density at radius 1 is 1.24 bits per heavy atom. The van der Waals surface area contributed by atoms with Crippen LogP contribution in [0.1, 0.15) is 6.92 Å². The van der Waals surface area contributed by atoms with Crippen LogP contribution in [0.2, 0.25) is 5.02 Å². The fraction of sp³-hybridized carbons (Fsp3) is 0.222. The molecule has 0 unspecified atom stereocenters. The Kier molecular flexibility index (Phi) is 6.36. The highest BCUT2D eigenvalue weighted by Crippen LogP contribution is 2.17. The molecule has 2 aromatic rings. The molecule has 0 aliphatic heterocycles. The van der Waals surface area contributed by atoms with Crippen LogP contribution in [0.15, 0.2) is 48.5 Å².